The average molecular weight is 278 g/mol. The molecule has 0 saturated heterocycles. The lowest BCUT2D eigenvalue weighted by Gasteiger charge is -2.12. The largest absolute Gasteiger partial charge is 0.496 e. The molecule has 0 aliphatic heterocycles. The van der Waals surface area contributed by atoms with Crippen LogP contribution in [0.4, 0.5) is 0 Å². The van der Waals surface area contributed by atoms with E-state index in [1.165, 1.54) is 27.2 Å². The molecule has 0 radical (unpaired) electrons. The highest BCUT2D eigenvalue weighted by atomic mass is 16.5. The lowest BCUT2D eigenvalue weighted by atomic mass is 10.1. The first-order valence-electron chi connectivity index (χ1n) is 6.02. The topological polar surface area (TPSA) is 61.8 Å². The Morgan fingerprint density at radius 3 is 2.00 bits per heavy atom. The first-order valence-corrected chi connectivity index (χ1v) is 6.02. The van der Waals surface area contributed by atoms with Crippen molar-refractivity contribution in [2.24, 2.45) is 0 Å². The maximum absolute atomic E-state index is 11.5. The van der Waals surface area contributed by atoms with Crippen molar-refractivity contribution in [3.05, 3.63) is 23.8 Å². The van der Waals surface area contributed by atoms with E-state index in [9.17, 15) is 9.59 Å². The second-order valence-electron chi connectivity index (χ2n) is 4.12. The van der Waals surface area contributed by atoms with Crippen LogP contribution < -0.4 is 14.2 Å². The van der Waals surface area contributed by atoms with E-state index in [-0.39, 0.29) is 18.0 Å². The van der Waals surface area contributed by atoms with Gasteiger partial charge in [0.25, 0.3) is 0 Å². The zero-order valence-electron chi connectivity index (χ0n) is 12.1. The maximum Gasteiger partial charge on any atom is 0.163 e. The van der Waals surface area contributed by atoms with Crippen LogP contribution in [0.5, 0.6) is 17.2 Å². The van der Waals surface area contributed by atoms with E-state index in [2.05, 4.69) is 0 Å². The molecule has 0 atom stereocenters. The predicted octanol–water partition coefficient (Wildman–Crippen LogP) is 2.27. The van der Waals surface area contributed by atoms with Gasteiger partial charge in [-0.2, -0.15) is 0 Å². The van der Waals surface area contributed by atoms with Gasteiger partial charge in [0.05, 0.1) is 33.3 Å². The number of allylic oxidation sites excluding steroid dienone is 1. The average Bonchev–Trinajstić information content (AvgIpc) is 2.43. The first kappa shape index (κ1) is 15.8. The molecular weight excluding hydrogens is 260 g/mol. The van der Waals surface area contributed by atoms with Gasteiger partial charge in [0.1, 0.15) is 23.0 Å². The Labute approximate surface area is 118 Å². The molecule has 0 N–H and O–H groups in total. The normalized spacial score (nSPS) is 10.4. The summed E-state index contributed by atoms with van der Waals surface area (Å²) in [6, 6.07) is 3.38. The summed E-state index contributed by atoms with van der Waals surface area (Å²) in [4.78, 5) is 22.4. The van der Waals surface area contributed by atoms with Crippen LogP contribution in [0, 0.1) is 0 Å². The van der Waals surface area contributed by atoms with Gasteiger partial charge in [-0.3, -0.25) is 9.59 Å². The van der Waals surface area contributed by atoms with E-state index >= 15 is 0 Å². The summed E-state index contributed by atoms with van der Waals surface area (Å²) < 4.78 is 15.6. The van der Waals surface area contributed by atoms with Crippen LogP contribution in [0.1, 0.15) is 18.9 Å². The SMILES string of the molecule is COc1cc(OC)c(/C=C/C(=O)CC(C)=O)c(OC)c1. The van der Waals surface area contributed by atoms with Crippen LogP contribution in [0.15, 0.2) is 18.2 Å². The van der Waals surface area contributed by atoms with E-state index in [1.807, 2.05) is 0 Å². The van der Waals surface area contributed by atoms with Crippen molar-refractivity contribution in [2.45, 2.75) is 13.3 Å². The monoisotopic (exact) mass is 278 g/mol. The van der Waals surface area contributed by atoms with E-state index in [0.717, 1.165) is 0 Å². The Balaban J connectivity index is 3.12. The highest BCUT2D eigenvalue weighted by molar-refractivity contribution is 6.05. The molecule has 5 heteroatoms. The van der Waals surface area contributed by atoms with Crippen LogP contribution >= 0.6 is 0 Å². The lowest BCUT2D eigenvalue weighted by Crippen LogP contribution is -2.00. The van der Waals surface area contributed by atoms with Crippen LogP contribution in [-0.4, -0.2) is 32.9 Å². The molecule has 0 aliphatic rings. The third-order valence-corrected chi connectivity index (χ3v) is 2.61. The minimum atomic E-state index is -0.266. The fourth-order valence-electron chi connectivity index (χ4n) is 1.68. The number of methoxy groups -OCH3 is 3. The van der Waals surface area contributed by atoms with E-state index < -0.39 is 0 Å². The summed E-state index contributed by atoms with van der Waals surface area (Å²) in [7, 11) is 4.58. The number of ether oxygens (including phenoxy) is 3. The molecule has 0 aliphatic carbocycles. The Hall–Kier alpha value is -2.30. The summed E-state index contributed by atoms with van der Waals surface area (Å²) in [5.74, 6) is 1.19. The zero-order valence-corrected chi connectivity index (χ0v) is 12.1. The van der Waals surface area contributed by atoms with Crippen molar-refractivity contribution in [1.29, 1.82) is 0 Å². The van der Waals surface area contributed by atoms with Crippen LogP contribution in [0.25, 0.3) is 6.08 Å². The molecule has 0 amide bonds. The van der Waals surface area contributed by atoms with Gasteiger partial charge in [0.2, 0.25) is 0 Å². The van der Waals surface area contributed by atoms with Gasteiger partial charge in [-0.05, 0) is 19.1 Å². The van der Waals surface area contributed by atoms with Crippen molar-refractivity contribution >= 4 is 17.6 Å². The van der Waals surface area contributed by atoms with Crippen LogP contribution in [-0.2, 0) is 9.59 Å². The van der Waals surface area contributed by atoms with Crippen molar-refractivity contribution < 1.29 is 23.8 Å². The maximum atomic E-state index is 11.5. The van der Waals surface area contributed by atoms with Gasteiger partial charge >= 0.3 is 0 Å². The molecule has 0 saturated carbocycles. The number of carbonyl (C=O) groups is 2. The van der Waals surface area contributed by atoms with Gasteiger partial charge in [-0.1, -0.05) is 0 Å². The molecule has 1 rings (SSSR count). The first-order chi connectivity index (χ1) is 9.51. The standard InChI is InChI=1S/C15H18O5/c1-10(16)7-11(17)5-6-13-14(19-3)8-12(18-2)9-15(13)20-4/h5-6,8-9H,7H2,1-4H3/b6-5+. The van der Waals surface area contributed by atoms with Crippen LogP contribution in [0.3, 0.4) is 0 Å². The van der Waals surface area contributed by atoms with E-state index in [4.69, 9.17) is 14.2 Å². The van der Waals surface area contributed by atoms with E-state index in [0.29, 0.717) is 22.8 Å². The number of ketones is 2. The smallest absolute Gasteiger partial charge is 0.163 e. The van der Waals surface area contributed by atoms with Gasteiger partial charge in [0, 0.05) is 12.1 Å². The number of rotatable bonds is 7. The summed E-state index contributed by atoms with van der Waals surface area (Å²) >= 11 is 0. The van der Waals surface area contributed by atoms with Crippen molar-refractivity contribution in [2.75, 3.05) is 21.3 Å². The number of carbonyl (C=O) groups excluding carboxylic acids is 2. The Morgan fingerprint density at radius 1 is 1.05 bits per heavy atom. The van der Waals surface area contributed by atoms with Gasteiger partial charge < -0.3 is 14.2 Å². The second-order valence-corrected chi connectivity index (χ2v) is 4.12. The van der Waals surface area contributed by atoms with Crippen LogP contribution in [0.2, 0.25) is 0 Å². The quantitative estimate of drug-likeness (QED) is 0.565. The fourth-order valence-corrected chi connectivity index (χ4v) is 1.68. The molecule has 5 nitrogen and oxygen atoms in total. The molecule has 0 aromatic heterocycles. The fraction of sp³-hybridized carbons (Fsp3) is 0.333. The summed E-state index contributed by atoms with van der Waals surface area (Å²) in [5.41, 5.74) is 0.618. The molecular formula is C15H18O5. The molecule has 0 bridgehead atoms. The summed E-state index contributed by atoms with van der Waals surface area (Å²) in [5, 5.41) is 0. The van der Waals surface area contributed by atoms with E-state index in [1.54, 1.807) is 25.3 Å². The molecule has 20 heavy (non-hydrogen) atoms. The molecule has 1 aromatic rings. The van der Waals surface area contributed by atoms with Gasteiger partial charge in [-0.15, -0.1) is 0 Å². The number of benzene rings is 1. The van der Waals surface area contributed by atoms with Crippen molar-refractivity contribution in [3.8, 4) is 17.2 Å². The highest BCUT2D eigenvalue weighted by Crippen LogP contribution is 2.34. The van der Waals surface area contributed by atoms with Crippen molar-refractivity contribution in [1.82, 2.24) is 0 Å². The van der Waals surface area contributed by atoms with Gasteiger partial charge in [-0.25, -0.2) is 0 Å². The molecule has 0 heterocycles. The number of hydrogen-bond donors (Lipinski definition) is 0. The predicted molar refractivity (Wildman–Crippen MR) is 75.4 cm³/mol. The lowest BCUT2D eigenvalue weighted by molar-refractivity contribution is -0.123. The Morgan fingerprint density at radius 2 is 1.60 bits per heavy atom. The minimum Gasteiger partial charge on any atom is -0.496 e. The minimum absolute atomic E-state index is 0.114. The third kappa shape index (κ3) is 4.12. The zero-order chi connectivity index (χ0) is 15.1. The number of hydrogen-bond acceptors (Lipinski definition) is 5. The number of Topliss-reactive ketones (excluding diaryl/α,β-unsaturated/α-hetero) is 1. The molecule has 108 valence electrons. The van der Waals surface area contributed by atoms with Crippen molar-refractivity contribution in [3.63, 3.8) is 0 Å². The highest BCUT2D eigenvalue weighted by Gasteiger charge is 2.11. The molecule has 0 spiro atoms. The molecule has 1 aromatic carbocycles. The summed E-state index contributed by atoms with van der Waals surface area (Å²) in [6.45, 7) is 1.38. The second kappa shape index (κ2) is 7.33. The third-order valence-electron chi connectivity index (χ3n) is 2.61. The van der Waals surface area contributed by atoms with Gasteiger partial charge in [0.15, 0.2) is 5.78 Å². The molecule has 0 fully saturated rings. The summed E-state index contributed by atoms with van der Waals surface area (Å²) in [6.07, 6.45) is 2.80. The Kier molecular flexibility index (Phi) is 5.77. The Bertz CT molecular complexity index is 506. The molecule has 0 unspecified atom stereocenters.